The number of benzene rings is 2. The van der Waals surface area contributed by atoms with Gasteiger partial charge in [-0.3, -0.25) is 0 Å². The van der Waals surface area contributed by atoms with Gasteiger partial charge in [-0.2, -0.15) is 0 Å². The molecule has 134 valence electrons. The van der Waals surface area contributed by atoms with Crippen molar-refractivity contribution >= 4 is 21.4 Å². The van der Waals surface area contributed by atoms with Gasteiger partial charge in [0.05, 0.1) is 16.8 Å². The van der Waals surface area contributed by atoms with Gasteiger partial charge < -0.3 is 10.8 Å². The third kappa shape index (κ3) is 2.99. The number of sulfone groups is 1. The van der Waals surface area contributed by atoms with Gasteiger partial charge in [0, 0.05) is 22.9 Å². The summed E-state index contributed by atoms with van der Waals surface area (Å²) >= 11 is 5.87. The first-order valence-electron chi connectivity index (χ1n) is 8.30. The first kappa shape index (κ1) is 18.4. The Hall–Kier alpha value is -1.40. The summed E-state index contributed by atoms with van der Waals surface area (Å²) in [4.78, 5) is 0.209. The van der Waals surface area contributed by atoms with Crippen molar-refractivity contribution in [2.45, 2.75) is 29.4 Å². The molecule has 1 aliphatic rings. The van der Waals surface area contributed by atoms with Crippen LogP contribution < -0.4 is 5.73 Å². The summed E-state index contributed by atoms with van der Waals surface area (Å²) in [6.07, 6.45) is 0.916. The van der Waals surface area contributed by atoms with Gasteiger partial charge in [-0.1, -0.05) is 42.8 Å². The first-order valence-corrected chi connectivity index (χ1v) is 10.2. The second kappa shape index (κ2) is 6.72. The van der Waals surface area contributed by atoms with E-state index in [-0.39, 0.29) is 24.0 Å². The van der Waals surface area contributed by atoms with Crippen LogP contribution in [-0.2, 0) is 16.3 Å². The molecule has 2 aromatic rings. The third-order valence-electron chi connectivity index (χ3n) is 5.28. The average molecular weight is 380 g/mol. The van der Waals surface area contributed by atoms with Crippen LogP contribution in [0.3, 0.4) is 0 Å². The summed E-state index contributed by atoms with van der Waals surface area (Å²) in [5.41, 5.74) is 7.15. The Balaban J connectivity index is 2.02. The lowest BCUT2D eigenvalue weighted by Gasteiger charge is -2.12. The molecule has 0 heterocycles. The molecule has 0 radical (unpaired) electrons. The molecule has 0 amide bonds. The fraction of sp³-hybridized carbons (Fsp3) is 0.368. The zero-order chi connectivity index (χ0) is 18.2. The topological polar surface area (TPSA) is 80.4 Å². The maximum absolute atomic E-state index is 13.1. The van der Waals surface area contributed by atoms with Crippen molar-refractivity contribution in [1.29, 1.82) is 0 Å². The minimum Gasteiger partial charge on any atom is -0.396 e. The van der Waals surface area contributed by atoms with Crippen LogP contribution in [0.2, 0.25) is 5.02 Å². The highest BCUT2D eigenvalue weighted by Gasteiger charge is 2.70. The van der Waals surface area contributed by atoms with Crippen LogP contribution in [-0.4, -0.2) is 31.9 Å². The molecule has 2 aromatic carbocycles. The molecule has 3 N–H and O–H groups in total. The molecule has 1 aliphatic carbocycles. The average Bonchev–Trinajstić information content (AvgIpc) is 3.33. The maximum Gasteiger partial charge on any atom is 0.182 e. The van der Waals surface area contributed by atoms with Gasteiger partial charge in [0.1, 0.15) is 0 Å². The molecule has 6 heteroatoms. The summed E-state index contributed by atoms with van der Waals surface area (Å²) in [5, 5.41) is 9.70. The molecule has 0 aliphatic heterocycles. The second-order valence-electron chi connectivity index (χ2n) is 6.59. The summed E-state index contributed by atoms with van der Waals surface area (Å²) in [6.45, 7) is 1.92. The molecular formula is C19H22ClNO3S. The minimum absolute atomic E-state index is 0.112. The molecule has 25 heavy (non-hydrogen) atoms. The Morgan fingerprint density at radius 3 is 2.20 bits per heavy atom. The lowest BCUT2D eigenvalue weighted by molar-refractivity contribution is 0.212. The minimum atomic E-state index is -3.63. The van der Waals surface area contributed by atoms with Gasteiger partial charge in [0.15, 0.2) is 9.84 Å². The number of hydrogen-bond acceptors (Lipinski definition) is 4. The lowest BCUT2D eigenvalue weighted by Crippen LogP contribution is -2.27. The van der Waals surface area contributed by atoms with Crippen molar-refractivity contribution in [3.63, 3.8) is 0 Å². The number of aryl methyl sites for hydroxylation is 1. The van der Waals surface area contributed by atoms with E-state index in [4.69, 9.17) is 17.3 Å². The predicted molar refractivity (Wildman–Crippen MR) is 99.6 cm³/mol. The molecule has 0 saturated heterocycles. The summed E-state index contributed by atoms with van der Waals surface area (Å²) < 4.78 is 26.3. The molecule has 0 unspecified atom stereocenters. The Morgan fingerprint density at radius 2 is 1.72 bits per heavy atom. The van der Waals surface area contributed by atoms with E-state index < -0.39 is 20.5 Å². The van der Waals surface area contributed by atoms with Gasteiger partial charge in [0.2, 0.25) is 0 Å². The van der Waals surface area contributed by atoms with Crippen molar-refractivity contribution in [3.05, 3.63) is 64.7 Å². The van der Waals surface area contributed by atoms with Crippen molar-refractivity contribution in [2.75, 3.05) is 13.2 Å². The zero-order valence-electron chi connectivity index (χ0n) is 14.0. The fourth-order valence-electron chi connectivity index (χ4n) is 3.68. The van der Waals surface area contributed by atoms with Gasteiger partial charge in [-0.05, 0) is 41.8 Å². The fourth-order valence-corrected chi connectivity index (χ4v) is 6.25. The van der Waals surface area contributed by atoms with Gasteiger partial charge >= 0.3 is 0 Å². The van der Waals surface area contributed by atoms with Gasteiger partial charge in [0.25, 0.3) is 0 Å². The monoisotopic (exact) mass is 379 g/mol. The number of aliphatic hydroxyl groups is 1. The highest BCUT2D eigenvalue weighted by molar-refractivity contribution is 7.92. The van der Waals surface area contributed by atoms with E-state index in [1.54, 1.807) is 12.1 Å². The van der Waals surface area contributed by atoms with Gasteiger partial charge in [-0.25, -0.2) is 8.42 Å². The second-order valence-corrected chi connectivity index (χ2v) is 9.09. The maximum atomic E-state index is 13.1. The number of rotatable bonds is 6. The lowest BCUT2D eigenvalue weighted by atomic mass is 9.99. The first-order chi connectivity index (χ1) is 11.9. The van der Waals surface area contributed by atoms with Crippen molar-refractivity contribution in [3.8, 4) is 0 Å². The molecule has 0 aromatic heterocycles. The summed E-state index contributed by atoms with van der Waals surface area (Å²) in [5.74, 6) is -0.311. The quantitative estimate of drug-likeness (QED) is 0.808. The summed E-state index contributed by atoms with van der Waals surface area (Å²) in [7, 11) is -3.63. The standard InChI is InChI=1S/C19H22ClNO3S/c1-2-13-3-5-14(6-4-13)17-18(19(17,11-21)12-22)25(23,24)16-9-7-15(20)8-10-16/h3-10,17-18,22H,2,11-12,21H2,1H3/t17-,18+,19-/m0/s1. The van der Waals surface area contributed by atoms with Crippen LogP contribution in [0.25, 0.3) is 0 Å². The highest BCUT2D eigenvalue weighted by atomic mass is 35.5. The number of aliphatic hydroxyl groups excluding tert-OH is 1. The van der Waals surface area contributed by atoms with E-state index in [0.29, 0.717) is 5.02 Å². The molecule has 1 fully saturated rings. The third-order valence-corrected chi connectivity index (χ3v) is 7.87. The molecule has 3 rings (SSSR count). The van der Waals surface area contributed by atoms with Crippen LogP contribution in [0.5, 0.6) is 0 Å². The molecule has 1 saturated carbocycles. The molecule has 0 bridgehead atoms. The Bertz CT molecular complexity index is 843. The SMILES string of the molecule is CCc1ccc([C@H]2[C@@H](S(=O)(=O)c3ccc(Cl)cc3)[C@@]2(CN)CO)cc1. The molecule has 4 nitrogen and oxygen atoms in total. The predicted octanol–water partition coefficient (Wildman–Crippen LogP) is 2.78. The molecule has 3 atom stereocenters. The van der Waals surface area contributed by atoms with E-state index in [2.05, 4.69) is 6.92 Å². The Morgan fingerprint density at radius 1 is 1.12 bits per heavy atom. The van der Waals surface area contributed by atoms with E-state index in [9.17, 15) is 13.5 Å². The highest BCUT2D eigenvalue weighted by Crippen LogP contribution is 2.63. The van der Waals surface area contributed by atoms with Crippen LogP contribution in [0.4, 0.5) is 0 Å². The van der Waals surface area contributed by atoms with Crippen LogP contribution in [0, 0.1) is 5.41 Å². The number of halogens is 1. The van der Waals surface area contributed by atoms with E-state index in [0.717, 1.165) is 12.0 Å². The number of hydrogen-bond donors (Lipinski definition) is 2. The van der Waals surface area contributed by atoms with E-state index >= 15 is 0 Å². The van der Waals surface area contributed by atoms with E-state index in [1.807, 2.05) is 24.3 Å². The van der Waals surface area contributed by atoms with Gasteiger partial charge in [-0.15, -0.1) is 0 Å². The van der Waals surface area contributed by atoms with Crippen LogP contribution >= 0.6 is 11.6 Å². The Labute approximate surface area is 153 Å². The largest absolute Gasteiger partial charge is 0.396 e. The summed E-state index contributed by atoms with van der Waals surface area (Å²) in [6, 6.07) is 14.0. The Kier molecular flexibility index (Phi) is 4.95. The zero-order valence-corrected chi connectivity index (χ0v) is 15.6. The van der Waals surface area contributed by atoms with Crippen molar-refractivity contribution in [1.82, 2.24) is 0 Å². The smallest absolute Gasteiger partial charge is 0.182 e. The van der Waals surface area contributed by atoms with E-state index in [1.165, 1.54) is 17.7 Å². The molecular weight excluding hydrogens is 358 g/mol. The van der Waals surface area contributed by atoms with Crippen LogP contribution in [0.1, 0.15) is 24.0 Å². The van der Waals surface area contributed by atoms with Crippen LogP contribution in [0.15, 0.2) is 53.4 Å². The van der Waals surface area contributed by atoms with Crippen molar-refractivity contribution < 1.29 is 13.5 Å². The number of nitrogens with two attached hydrogens (primary N) is 1. The molecule has 0 spiro atoms. The normalized spacial score (nSPS) is 25.8. The van der Waals surface area contributed by atoms with Crippen molar-refractivity contribution in [2.24, 2.45) is 11.1 Å².